The van der Waals surface area contributed by atoms with Gasteiger partial charge in [-0.05, 0) is 104 Å². The summed E-state index contributed by atoms with van der Waals surface area (Å²) in [4.78, 5) is 24.2. The van der Waals surface area contributed by atoms with Gasteiger partial charge in [-0.1, -0.05) is 73.9 Å². The standard InChI is InChI=1S/C38H42Cl2N2O4/c1-27(43)28-11-17-32(18-12-28)45-23-9-7-5-3-4-6-8-10-24-46-33-19-13-29(14-20-33)38(44)42-37-22-16-31(26-35(37)40)30-15-21-36(41-2)34(39)25-30/h11-22,25-26,41H,3-10,23-24H2,1-2H3,(H,42,44). The number of hydrogen-bond acceptors (Lipinski definition) is 5. The number of ketones is 1. The van der Waals surface area contributed by atoms with Crippen molar-refractivity contribution in [1.29, 1.82) is 0 Å². The molecule has 0 atom stereocenters. The van der Waals surface area contributed by atoms with Gasteiger partial charge in [-0.25, -0.2) is 0 Å². The molecule has 1 amide bonds. The second kappa shape index (κ2) is 18.2. The molecule has 0 aromatic heterocycles. The number of carbonyl (C=O) groups excluding carboxylic acids is 2. The second-order valence-electron chi connectivity index (χ2n) is 11.2. The van der Waals surface area contributed by atoms with Crippen LogP contribution in [-0.2, 0) is 0 Å². The van der Waals surface area contributed by atoms with Crippen LogP contribution in [-0.4, -0.2) is 32.0 Å². The summed E-state index contributed by atoms with van der Waals surface area (Å²) in [7, 11) is 1.82. The smallest absolute Gasteiger partial charge is 0.255 e. The highest BCUT2D eigenvalue weighted by atomic mass is 35.5. The van der Waals surface area contributed by atoms with Gasteiger partial charge in [-0.3, -0.25) is 9.59 Å². The van der Waals surface area contributed by atoms with E-state index in [9.17, 15) is 9.59 Å². The summed E-state index contributed by atoms with van der Waals surface area (Å²) < 4.78 is 11.7. The number of carbonyl (C=O) groups is 2. The van der Waals surface area contributed by atoms with Crippen molar-refractivity contribution in [3.63, 3.8) is 0 Å². The lowest BCUT2D eigenvalue weighted by Crippen LogP contribution is -2.12. The van der Waals surface area contributed by atoms with Crippen molar-refractivity contribution >= 4 is 46.3 Å². The van der Waals surface area contributed by atoms with Crippen molar-refractivity contribution in [2.24, 2.45) is 0 Å². The van der Waals surface area contributed by atoms with Gasteiger partial charge in [0.2, 0.25) is 0 Å². The Labute approximate surface area is 282 Å². The van der Waals surface area contributed by atoms with Crippen LogP contribution >= 0.6 is 23.2 Å². The van der Waals surface area contributed by atoms with Gasteiger partial charge in [0.05, 0.1) is 34.6 Å². The highest BCUT2D eigenvalue weighted by Gasteiger charge is 2.11. The zero-order valence-electron chi connectivity index (χ0n) is 26.5. The van der Waals surface area contributed by atoms with E-state index in [1.54, 1.807) is 25.1 Å². The molecule has 0 fully saturated rings. The maximum atomic E-state index is 12.8. The maximum absolute atomic E-state index is 12.8. The number of benzene rings is 4. The number of ether oxygens (including phenoxy) is 2. The molecule has 2 N–H and O–H groups in total. The molecule has 8 heteroatoms. The average Bonchev–Trinajstić information content (AvgIpc) is 3.06. The summed E-state index contributed by atoms with van der Waals surface area (Å²) in [5, 5.41) is 7.01. The summed E-state index contributed by atoms with van der Waals surface area (Å²) in [5.74, 6) is 1.39. The fourth-order valence-electron chi connectivity index (χ4n) is 5.02. The Kier molecular flexibility index (Phi) is 13.8. The Morgan fingerprint density at radius 1 is 0.587 bits per heavy atom. The maximum Gasteiger partial charge on any atom is 0.255 e. The number of anilines is 2. The van der Waals surface area contributed by atoms with E-state index in [4.69, 9.17) is 32.7 Å². The summed E-state index contributed by atoms with van der Waals surface area (Å²) in [5.41, 5.74) is 4.46. The predicted octanol–water partition coefficient (Wildman–Crippen LogP) is 10.7. The molecule has 4 aromatic rings. The molecule has 0 aliphatic rings. The topological polar surface area (TPSA) is 76.7 Å². The molecule has 0 aliphatic heterocycles. The van der Waals surface area contributed by atoms with Gasteiger partial charge in [0.1, 0.15) is 11.5 Å². The number of unbranched alkanes of at least 4 members (excludes halogenated alkanes) is 7. The lowest BCUT2D eigenvalue weighted by atomic mass is 10.0. The summed E-state index contributed by atoms with van der Waals surface area (Å²) in [6.07, 6.45) is 9.18. The number of halogens is 2. The van der Waals surface area contributed by atoms with Gasteiger partial charge in [-0.15, -0.1) is 0 Å². The number of amides is 1. The Morgan fingerprint density at radius 2 is 1.02 bits per heavy atom. The molecule has 0 heterocycles. The van der Waals surface area contributed by atoms with Crippen molar-refractivity contribution in [1.82, 2.24) is 0 Å². The van der Waals surface area contributed by atoms with Crippen molar-refractivity contribution in [2.45, 2.75) is 58.3 Å². The first-order valence-electron chi connectivity index (χ1n) is 15.9. The molecule has 4 aromatic carbocycles. The quantitative estimate of drug-likeness (QED) is 0.0820. The lowest BCUT2D eigenvalue weighted by molar-refractivity contribution is 0.101. The molecule has 0 radical (unpaired) electrons. The zero-order chi connectivity index (χ0) is 32.7. The molecule has 242 valence electrons. The van der Waals surface area contributed by atoms with E-state index in [2.05, 4.69) is 10.6 Å². The Morgan fingerprint density at radius 3 is 1.46 bits per heavy atom. The van der Waals surface area contributed by atoms with E-state index in [0.717, 1.165) is 54.0 Å². The van der Waals surface area contributed by atoms with Gasteiger partial charge in [-0.2, -0.15) is 0 Å². The van der Waals surface area contributed by atoms with Gasteiger partial charge in [0.25, 0.3) is 5.91 Å². The largest absolute Gasteiger partial charge is 0.494 e. The molecule has 46 heavy (non-hydrogen) atoms. The monoisotopic (exact) mass is 660 g/mol. The predicted molar refractivity (Wildman–Crippen MR) is 190 cm³/mol. The fraction of sp³-hybridized carbons (Fsp3) is 0.316. The molecule has 0 unspecified atom stereocenters. The molecular weight excluding hydrogens is 619 g/mol. The fourth-order valence-corrected chi connectivity index (χ4v) is 5.52. The van der Waals surface area contributed by atoms with Crippen LogP contribution < -0.4 is 20.1 Å². The van der Waals surface area contributed by atoms with Gasteiger partial charge >= 0.3 is 0 Å². The number of hydrogen-bond donors (Lipinski definition) is 2. The molecular formula is C38H42Cl2N2O4. The van der Waals surface area contributed by atoms with E-state index in [0.29, 0.717) is 40.1 Å². The van der Waals surface area contributed by atoms with E-state index < -0.39 is 0 Å². The molecule has 0 aliphatic carbocycles. The van der Waals surface area contributed by atoms with Crippen molar-refractivity contribution < 1.29 is 19.1 Å². The highest BCUT2D eigenvalue weighted by Crippen LogP contribution is 2.33. The molecule has 0 bridgehead atoms. The van der Waals surface area contributed by atoms with Gasteiger partial charge in [0, 0.05) is 18.2 Å². The van der Waals surface area contributed by atoms with Gasteiger partial charge < -0.3 is 20.1 Å². The first kappa shape index (κ1) is 34.9. The second-order valence-corrected chi connectivity index (χ2v) is 12.0. The summed E-state index contributed by atoms with van der Waals surface area (Å²) >= 11 is 12.8. The van der Waals surface area contributed by atoms with Crippen LogP contribution in [0.2, 0.25) is 10.0 Å². The average molecular weight is 662 g/mol. The van der Waals surface area contributed by atoms with Crippen LogP contribution in [0.5, 0.6) is 11.5 Å². The van der Waals surface area contributed by atoms with Crippen LogP contribution in [0.1, 0.15) is 79.0 Å². The van der Waals surface area contributed by atoms with E-state index in [1.165, 1.54) is 25.7 Å². The third-order valence-electron chi connectivity index (χ3n) is 7.74. The lowest BCUT2D eigenvalue weighted by Gasteiger charge is -2.11. The SMILES string of the molecule is CNc1ccc(-c2ccc(NC(=O)c3ccc(OCCCCCCCCCCOc4ccc(C(C)=O)cc4)cc3)c(Cl)c2)cc1Cl. The first-order valence-corrected chi connectivity index (χ1v) is 16.6. The molecule has 4 rings (SSSR count). The summed E-state index contributed by atoms with van der Waals surface area (Å²) in [6.45, 7) is 2.92. The Hall–Kier alpha value is -4.00. The van der Waals surface area contributed by atoms with Crippen LogP contribution in [0.15, 0.2) is 84.9 Å². The number of rotatable bonds is 18. The number of nitrogens with one attached hydrogen (secondary N) is 2. The van der Waals surface area contributed by atoms with E-state index >= 15 is 0 Å². The van der Waals surface area contributed by atoms with Crippen molar-refractivity contribution in [3.8, 4) is 22.6 Å². The minimum absolute atomic E-state index is 0.0673. The molecule has 0 saturated carbocycles. The Balaban J connectivity index is 1.06. The van der Waals surface area contributed by atoms with Crippen molar-refractivity contribution in [3.05, 3.63) is 106 Å². The molecule has 0 spiro atoms. The third kappa shape index (κ3) is 10.8. The molecule has 6 nitrogen and oxygen atoms in total. The minimum Gasteiger partial charge on any atom is -0.494 e. The first-order chi connectivity index (χ1) is 22.3. The normalized spacial score (nSPS) is 10.8. The summed E-state index contributed by atoms with van der Waals surface area (Å²) in [6, 6.07) is 25.8. The Bertz CT molecular complexity index is 1570. The van der Waals surface area contributed by atoms with Crippen LogP contribution in [0.4, 0.5) is 11.4 Å². The van der Waals surface area contributed by atoms with E-state index in [-0.39, 0.29) is 11.7 Å². The van der Waals surface area contributed by atoms with Crippen LogP contribution in [0.25, 0.3) is 11.1 Å². The van der Waals surface area contributed by atoms with E-state index in [1.807, 2.05) is 73.8 Å². The highest BCUT2D eigenvalue weighted by molar-refractivity contribution is 6.34. The number of Topliss-reactive ketones (excluding diaryl/α,β-unsaturated/α-hetero) is 1. The molecule has 0 saturated heterocycles. The van der Waals surface area contributed by atoms with Crippen LogP contribution in [0.3, 0.4) is 0 Å². The minimum atomic E-state index is -0.240. The third-order valence-corrected chi connectivity index (χ3v) is 8.37. The zero-order valence-corrected chi connectivity index (χ0v) is 28.1. The van der Waals surface area contributed by atoms with Crippen molar-refractivity contribution in [2.75, 3.05) is 30.9 Å². The van der Waals surface area contributed by atoms with Gasteiger partial charge in [0.15, 0.2) is 5.78 Å². The van der Waals surface area contributed by atoms with Crippen LogP contribution in [0, 0.1) is 0 Å².